The molecule has 0 atom stereocenters. The van der Waals surface area contributed by atoms with Gasteiger partial charge in [0.2, 0.25) is 5.91 Å². The van der Waals surface area contributed by atoms with Crippen LogP contribution in [-0.2, 0) is 44.3 Å². The third kappa shape index (κ3) is 9.54. The maximum atomic E-state index is 11.5. The predicted molar refractivity (Wildman–Crippen MR) is 234 cm³/mol. The summed E-state index contributed by atoms with van der Waals surface area (Å²) in [6.45, 7) is 18.1. The summed E-state index contributed by atoms with van der Waals surface area (Å²) in [6.07, 6.45) is 6.85. The van der Waals surface area contributed by atoms with Crippen LogP contribution in [0.2, 0.25) is 0 Å². The minimum absolute atomic E-state index is 0. The van der Waals surface area contributed by atoms with Gasteiger partial charge in [0.1, 0.15) is 5.75 Å². The number of allylic oxidation sites excluding steroid dienone is 5. The van der Waals surface area contributed by atoms with E-state index in [0.29, 0.717) is 47.3 Å². The smallest absolute Gasteiger partial charge is 0.657 e. The number of amides is 1. The Hall–Kier alpha value is -6.43. The molecule has 1 aromatic carbocycles. The number of H-pyrrole nitrogens is 1. The summed E-state index contributed by atoms with van der Waals surface area (Å²) in [5.41, 5.74) is 14.9. The van der Waals surface area contributed by atoms with Crippen LogP contribution in [-0.4, -0.2) is 56.7 Å². The molecule has 2 aliphatic rings. The summed E-state index contributed by atoms with van der Waals surface area (Å²) in [7, 11) is 1.66. The fraction of sp³-hybridized carbons (Fsp3) is 0.255. The number of rotatable bonds is 12. The van der Waals surface area contributed by atoms with Crippen LogP contribution in [0.15, 0.2) is 67.9 Å². The number of nitrogens with one attached hydrogen (secondary N) is 2. The molecule has 1 amide bonds. The minimum atomic E-state index is -0.898. The van der Waals surface area contributed by atoms with Crippen LogP contribution in [0.3, 0.4) is 0 Å². The van der Waals surface area contributed by atoms with Gasteiger partial charge in [-0.05, 0) is 93.0 Å². The van der Waals surface area contributed by atoms with E-state index in [2.05, 4.69) is 23.5 Å². The number of benzene rings is 1. The Labute approximate surface area is 359 Å². The van der Waals surface area contributed by atoms with Crippen molar-refractivity contribution in [3.05, 3.63) is 118 Å². The number of aryl methyl sites for hydroxylation is 3. The molecule has 7 rings (SSSR count). The number of fused-ring (bicyclic) bond motifs is 9. The Bertz CT molecular complexity index is 2770. The fourth-order valence-electron chi connectivity index (χ4n) is 7.48. The Morgan fingerprint density at radius 1 is 0.783 bits per heavy atom. The van der Waals surface area contributed by atoms with Crippen LogP contribution in [0.5, 0.6) is 5.75 Å². The van der Waals surface area contributed by atoms with Gasteiger partial charge in [-0.3, -0.25) is 14.4 Å². The zero-order valence-electron chi connectivity index (χ0n) is 34.6. The molecule has 0 saturated heterocycles. The van der Waals surface area contributed by atoms with Crippen LogP contribution in [0, 0.1) is 13.8 Å². The van der Waals surface area contributed by atoms with Gasteiger partial charge in [-0.2, -0.15) is 0 Å². The summed E-state index contributed by atoms with van der Waals surface area (Å²) >= 11 is 0. The van der Waals surface area contributed by atoms with Gasteiger partial charge in [0, 0.05) is 49.0 Å². The molecule has 6 heterocycles. The number of nitrogens with zero attached hydrogens (tertiary/aromatic N) is 4. The first-order valence-corrected chi connectivity index (χ1v) is 19.4. The van der Waals surface area contributed by atoms with Crippen molar-refractivity contribution >= 4 is 79.2 Å². The first-order chi connectivity index (χ1) is 28.2. The standard InChI is InChI=1S/C34H34N4O4.C13H16N2O2.Fe/c1-7-21-17(3)25-13-26-19(5)23(9-11-33(39)40)31(37-26)16-32-24(10-12-34(41)42)20(6)28(38-32)15-30-22(8-2)18(4)27(36-30)14-29(21)35-25;1-9(16)14-6-5-10-8-15-13-4-3-11(17-2)7-12(10)13;/h7-8,13-16H,1-2,9-12H2,3-6H3,(H4,35,36,37,38,39,40,41,42);3-4,7-8,15H,5-6H2,1-2H3,(H,14,16);/q;;+2/p-2. The van der Waals surface area contributed by atoms with Crippen LogP contribution in [0.4, 0.5) is 0 Å². The number of carboxylic acids is 2. The molecule has 13 heteroatoms. The molecule has 0 saturated carbocycles. The summed E-state index contributed by atoms with van der Waals surface area (Å²) in [5.74, 6) is -0.948. The number of aliphatic carboxylic acids is 2. The summed E-state index contributed by atoms with van der Waals surface area (Å²) in [5, 5.41) is 22.8. The molecule has 2 aliphatic heterocycles. The van der Waals surface area contributed by atoms with Crippen molar-refractivity contribution < 1.29 is 46.4 Å². The van der Waals surface area contributed by atoms with E-state index in [9.17, 15) is 24.6 Å². The van der Waals surface area contributed by atoms with Gasteiger partial charge in [-0.1, -0.05) is 66.3 Å². The van der Waals surface area contributed by atoms with Crippen LogP contribution in [0.25, 0.3) is 61.3 Å². The second-order valence-electron chi connectivity index (χ2n) is 14.5. The summed E-state index contributed by atoms with van der Waals surface area (Å²) < 4.78 is 5.21. The van der Waals surface area contributed by atoms with E-state index in [4.69, 9.17) is 24.7 Å². The SMILES string of the molecule is C=CC1=C(C)c2cc3[n-]c(cc4nc(cc5[n-]c(cc1n2)c(C)c5C=C)C(C)=C4CCC(=O)O)c(CCC(=O)O)c3C.COc1ccc2[nH]cc(CCNC(C)=O)c2c1.[Fe+2]. The summed E-state index contributed by atoms with van der Waals surface area (Å²) in [4.78, 5) is 56.7. The van der Waals surface area contributed by atoms with Crippen molar-refractivity contribution in [2.75, 3.05) is 13.7 Å². The Morgan fingerprint density at radius 2 is 1.40 bits per heavy atom. The average molecular weight is 849 g/mol. The monoisotopic (exact) mass is 848 g/mol. The van der Waals surface area contributed by atoms with E-state index in [1.54, 1.807) is 19.3 Å². The second kappa shape index (κ2) is 19.1. The average Bonchev–Trinajstić information content (AvgIpc) is 3.96. The number of ether oxygens (including phenoxy) is 1. The van der Waals surface area contributed by atoms with Crippen molar-refractivity contribution in [1.29, 1.82) is 0 Å². The first-order valence-electron chi connectivity index (χ1n) is 19.4. The first kappa shape index (κ1) is 44.7. The van der Waals surface area contributed by atoms with Gasteiger partial charge in [0.05, 0.1) is 29.9 Å². The third-order valence-electron chi connectivity index (χ3n) is 10.8. The number of carbonyl (C=O) groups is 3. The largest absolute Gasteiger partial charge is 2.00 e. The fourth-order valence-corrected chi connectivity index (χ4v) is 7.48. The Kier molecular flexibility index (Phi) is 14.2. The topological polar surface area (TPSA) is 183 Å². The van der Waals surface area contributed by atoms with Crippen LogP contribution < -0.4 is 20.0 Å². The van der Waals surface area contributed by atoms with Gasteiger partial charge in [-0.25, -0.2) is 9.97 Å². The van der Waals surface area contributed by atoms with Gasteiger partial charge >= 0.3 is 29.0 Å². The molecule has 4 N–H and O–H groups in total. The number of hydrogen-bond acceptors (Lipinski definition) is 6. The number of carboxylic acid groups (broad SMARTS) is 2. The molecular weight excluding hydrogens is 800 g/mol. The molecule has 8 bridgehead atoms. The second-order valence-corrected chi connectivity index (χ2v) is 14.5. The van der Waals surface area contributed by atoms with Crippen molar-refractivity contribution in [1.82, 2.24) is 30.2 Å². The number of aromatic nitrogens is 5. The van der Waals surface area contributed by atoms with E-state index in [0.717, 1.165) is 84.5 Å². The van der Waals surface area contributed by atoms with Crippen LogP contribution >= 0.6 is 0 Å². The maximum Gasteiger partial charge on any atom is 2.00 e. The molecule has 0 spiro atoms. The zero-order valence-corrected chi connectivity index (χ0v) is 35.7. The van der Waals surface area contributed by atoms with Crippen molar-refractivity contribution in [3.8, 4) is 5.75 Å². The van der Waals surface area contributed by atoms with Crippen molar-refractivity contribution in [2.24, 2.45) is 0 Å². The number of methoxy groups -OCH3 is 1. The van der Waals surface area contributed by atoms with Crippen molar-refractivity contribution in [3.63, 3.8) is 0 Å². The normalized spacial score (nSPS) is 12.1. The molecular formula is C47H48FeN6O6. The van der Waals surface area contributed by atoms with Crippen LogP contribution in [0.1, 0.15) is 90.6 Å². The molecule has 310 valence electrons. The van der Waals surface area contributed by atoms with E-state index in [1.807, 2.05) is 76.4 Å². The van der Waals surface area contributed by atoms with E-state index in [-0.39, 0.29) is 35.8 Å². The maximum absolute atomic E-state index is 11.5. The Morgan fingerprint density at radius 3 is 2.07 bits per heavy atom. The third-order valence-corrected chi connectivity index (χ3v) is 10.8. The van der Waals surface area contributed by atoms with E-state index in [1.165, 1.54) is 12.5 Å². The predicted octanol–water partition coefficient (Wildman–Crippen LogP) is 8.61. The molecule has 4 aromatic heterocycles. The number of hydrogen-bond donors (Lipinski definition) is 4. The molecule has 0 unspecified atom stereocenters. The quantitative estimate of drug-likeness (QED) is 0.0888. The summed E-state index contributed by atoms with van der Waals surface area (Å²) in [6, 6.07) is 13.6. The van der Waals surface area contributed by atoms with Gasteiger partial charge in [0.15, 0.2) is 0 Å². The number of carbonyl (C=O) groups excluding carboxylic acids is 1. The van der Waals surface area contributed by atoms with Gasteiger partial charge in [-0.15, -0.1) is 22.1 Å². The van der Waals surface area contributed by atoms with Gasteiger partial charge in [0.25, 0.3) is 0 Å². The molecule has 12 nitrogen and oxygen atoms in total. The molecule has 5 aromatic rings. The van der Waals surface area contributed by atoms with E-state index < -0.39 is 11.9 Å². The van der Waals surface area contributed by atoms with Crippen molar-refractivity contribution in [2.45, 2.75) is 66.7 Å². The zero-order chi connectivity index (χ0) is 42.5. The minimum Gasteiger partial charge on any atom is -0.657 e. The molecule has 0 aliphatic carbocycles. The number of aromatic amines is 1. The molecule has 60 heavy (non-hydrogen) atoms. The Balaban J connectivity index is 0.000000317. The van der Waals surface area contributed by atoms with Gasteiger partial charge < -0.3 is 35.2 Å². The van der Waals surface area contributed by atoms with E-state index >= 15 is 0 Å². The molecule has 0 radical (unpaired) electrons. The molecule has 0 fully saturated rings.